The fourth-order valence-electron chi connectivity index (χ4n) is 2.53. The van der Waals surface area contributed by atoms with Crippen LogP contribution >= 0.6 is 0 Å². The Bertz CT molecular complexity index is 815. The fraction of sp³-hybridized carbons (Fsp3) is 0.444. The van der Waals surface area contributed by atoms with Gasteiger partial charge in [0.2, 0.25) is 11.8 Å². The van der Waals surface area contributed by atoms with Gasteiger partial charge in [0, 0.05) is 24.9 Å². The third-order valence-corrected chi connectivity index (χ3v) is 3.94. The number of hydrogen-bond acceptors (Lipinski definition) is 6. The molecule has 0 aliphatic heterocycles. The number of benzene rings is 1. The SMILES string of the molecule is CCCCCOc1nc(N(CC)c2cccc([N+](=O)[O-])c2)ncc1C(F)(F)F. The van der Waals surface area contributed by atoms with E-state index in [1.165, 1.54) is 23.1 Å². The molecular weight excluding hydrogens is 377 g/mol. The molecule has 0 amide bonds. The minimum absolute atomic E-state index is 0.0264. The third kappa shape index (κ3) is 5.30. The van der Waals surface area contributed by atoms with Gasteiger partial charge in [-0.3, -0.25) is 10.1 Å². The largest absolute Gasteiger partial charge is 0.477 e. The van der Waals surface area contributed by atoms with Crippen molar-refractivity contribution in [3.05, 3.63) is 46.1 Å². The lowest BCUT2D eigenvalue weighted by atomic mass is 10.2. The van der Waals surface area contributed by atoms with E-state index < -0.39 is 22.5 Å². The lowest BCUT2D eigenvalue weighted by Crippen LogP contribution is -2.21. The molecule has 1 aromatic carbocycles. The molecule has 0 radical (unpaired) electrons. The first-order valence-electron chi connectivity index (χ1n) is 8.87. The van der Waals surface area contributed by atoms with Gasteiger partial charge in [0.05, 0.1) is 17.2 Å². The number of nitrogens with zero attached hydrogens (tertiary/aromatic N) is 4. The first kappa shape index (κ1) is 21.4. The number of aromatic nitrogens is 2. The van der Waals surface area contributed by atoms with E-state index in [1.807, 2.05) is 6.92 Å². The van der Waals surface area contributed by atoms with Gasteiger partial charge in [-0.2, -0.15) is 18.2 Å². The maximum absolute atomic E-state index is 13.3. The number of nitro groups is 1. The minimum Gasteiger partial charge on any atom is -0.477 e. The molecule has 0 bridgehead atoms. The number of ether oxygens (including phenoxy) is 1. The summed E-state index contributed by atoms with van der Waals surface area (Å²) in [5.74, 6) is -0.570. The van der Waals surface area contributed by atoms with E-state index in [4.69, 9.17) is 4.74 Å². The molecule has 0 atom stereocenters. The molecular formula is C18H21F3N4O3. The molecule has 0 aliphatic carbocycles. The van der Waals surface area contributed by atoms with Gasteiger partial charge in [0.15, 0.2) is 0 Å². The number of halogens is 3. The zero-order valence-electron chi connectivity index (χ0n) is 15.6. The summed E-state index contributed by atoms with van der Waals surface area (Å²) in [6.07, 6.45) is -1.64. The van der Waals surface area contributed by atoms with Crippen molar-refractivity contribution in [1.82, 2.24) is 9.97 Å². The molecule has 0 unspecified atom stereocenters. The average Bonchev–Trinajstić information content (AvgIpc) is 2.65. The highest BCUT2D eigenvalue weighted by atomic mass is 19.4. The second kappa shape index (κ2) is 9.34. The van der Waals surface area contributed by atoms with E-state index >= 15 is 0 Å². The molecule has 7 nitrogen and oxygen atoms in total. The van der Waals surface area contributed by atoms with E-state index in [0.717, 1.165) is 12.8 Å². The Balaban J connectivity index is 2.39. The molecule has 10 heteroatoms. The topological polar surface area (TPSA) is 81.4 Å². The number of anilines is 2. The molecule has 1 heterocycles. The average molecular weight is 398 g/mol. The van der Waals surface area contributed by atoms with Crippen molar-refractivity contribution in [2.24, 2.45) is 0 Å². The zero-order valence-corrected chi connectivity index (χ0v) is 15.6. The second-order valence-electron chi connectivity index (χ2n) is 5.96. The van der Waals surface area contributed by atoms with Gasteiger partial charge in [-0.25, -0.2) is 4.98 Å². The van der Waals surface area contributed by atoms with Crippen molar-refractivity contribution in [1.29, 1.82) is 0 Å². The van der Waals surface area contributed by atoms with Crippen LogP contribution in [0.5, 0.6) is 5.88 Å². The van der Waals surface area contributed by atoms with Crippen LogP contribution in [0.3, 0.4) is 0 Å². The lowest BCUT2D eigenvalue weighted by Gasteiger charge is -2.22. The molecule has 0 spiro atoms. The van der Waals surface area contributed by atoms with Crippen molar-refractivity contribution in [3.63, 3.8) is 0 Å². The van der Waals surface area contributed by atoms with Gasteiger partial charge in [0.25, 0.3) is 5.69 Å². The van der Waals surface area contributed by atoms with Crippen LogP contribution in [-0.4, -0.2) is 28.0 Å². The summed E-state index contributed by atoms with van der Waals surface area (Å²) in [5, 5.41) is 11.0. The highest BCUT2D eigenvalue weighted by Crippen LogP contribution is 2.36. The summed E-state index contributed by atoms with van der Waals surface area (Å²) >= 11 is 0. The van der Waals surface area contributed by atoms with Gasteiger partial charge >= 0.3 is 6.18 Å². The van der Waals surface area contributed by atoms with Crippen molar-refractivity contribution >= 4 is 17.3 Å². The molecule has 0 saturated heterocycles. The summed E-state index contributed by atoms with van der Waals surface area (Å²) in [4.78, 5) is 19.7. The molecule has 152 valence electrons. The normalized spacial score (nSPS) is 11.3. The summed E-state index contributed by atoms with van der Waals surface area (Å²) in [6, 6.07) is 5.72. The van der Waals surface area contributed by atoms with Crippen LogP contribution in [0.4, 0.5) is 30.5 Å². The highest BCUT2D eigenvalue weighted by molar-refractivity contribution is 5.61. The molecule has 28 heavy (non-hydrogen) atoms. The Morgan fingerprint density at radius 3 is 2.61 bits per heavy atom. The number of alkyl halides is 3. The summed E-state index contributed by atoms with van der Waals surface area (Å²) in [5.41, 5.74) is -0.796. The standard InChI is InChI=1S/C18H21F3N4O3/c1-3-5-6-10-28-16-15(18(19,20)21)12-22-17(23-16)24(4-2)13-8-7-9-14(11-13)25(26)27/h7-9,11-12H,3-6,10H2,1-2H3. The van der Waals surface area contributed by atoms with E-state index in [0.29, 0.717) is 24.8 Å². The van der Waals surface area contributed by atoms with E-state index in [9.17, 15) is 23.3 Å². The van der Waals surface area contributed by atoms with Crippen molar-refractivity contribution in [2.75, 3.05) is 18.1 Å². The number of non-ortho nitro benzene ring substituents is 1. The molecule has 0 fully saturated rings. The monoisotopic (exact) mass is 398 g/mol. The van der Waals surface area contributed by atoms with Crippen LogP contribution in [0, 0.1) is 10.1 Å². The quantitative estimate of drug-likeness (QED) is 0.331. The Kier molecular flexibility index (Phi) is 7.13. The van der Waals surface area contributed by atoms with Gasteiger partial charge in [-0.05, 0) is 19.4 Å². The summed E-state index contributed by atoms with van der Waals surface area (Å²) in [7, 11) is 0. The van der Waals surface area contributed by atoms with E-state index in [-0.39, 0.29) is 18.2 Å². The number of unbranched alkanes of at least 4 members (excludes halogenated alkanes) is 2. The van der Waals surface area contributed by atoms with Crippen LogP contribution in [-0.2, 0) is 6.18 Å². The van der Waals surface area contributed by atoms with Crippen molar-refractivity contribution in [2.45, 2.75) is 39.3 Å². The molecule has 2 aromatic rings. The molecule has 0 N–H and O–H groups in total. The molecule has 2 rings (SSSR count). The summed E-state index contributed by atoms with van der Waals surface area (Å²) in [6.45, 7) is 4.11. The highest BCUT2D eigenvalue weighted by Gasteiger charge is 2.36. The van der Waals surface area contributed by atoms with Crippen LogP contribution in [0.2, 0.25) is 0 Å². The Morgan fingerprint density at radius 2 is 2.00 bits per heavy atom. The maximum atomic E-state index is 13.3. The third-order valence-electron chi connectivity index (χ3n) is 3.94. The Hall–Kier alpha value is -2.91. The van der Waals surface area contributed by atoms with Gasteiger partial charge in [-0.1, -0.05) is 25.8 Å². The van der Waals surface area contributed by atoms with Crippen molar-refractivity contribution < 1.29 is 22.8 Å². The van der Waals surface area contributed by atoms with E-state index in [2.05, 4.69) is 9.97 Å². The van der Waals surface area contributed by atoms with Crippen LogP contribution < -0.4 is 9.64 Å². The van der Waals surface area contributed by atoms with Gasteiger partial charge < -0.3 is 9.64 Å². The first-order valence-corrected chi connectivity index (χ1v) is 8.87. The predicted octanol–water partition coefficient (Wildman–Crippen LogP) is 5.13. The van der Waals surface area contributed by atoms with E-state index in [1.54, 1.807) is 13.0 Å². The smallest absolute Gasteiger partial charge is 0.423 e. The number of nitro benzene ring substituents is 1. The number of hydrogen-bond donors (Lipinski definition) is 0. The fourth-order valence-corrected chi connectivity index (χ4v) is 2.53. The van der Waals surface area contributed by atoms with Gasteiger partial charge in [0.1, 0.15) is 5.56 Å². The minimum atomic E-state index is -4.65. The zero-order chi connectivity index (χ0) is 20.7. The Morgan fingerprint density at radius 1 is 1.25 bits per heavy atom. The maximum Gasteiger partial charge on any atom is 0.423 e. The lowest BCUT2D eigenvalue weighted by molar-refractivity contribution is -0.384. The Labute approximate surface area is 160 Å². The first-order chi connectivity index (χ1) is 13.3. The van der Waals surface area contributed by atoms with Gasteiger partial charge in [-0.15, -0.1) is 0 Å². The molecule has 0 saturated carbocycles. The van der Waals surface area contributed by atoms with Crippen LogP contribution in [0.15, 0.2) is 30.5 Å². The van der Waals surface area contributed by atoms with Crippen molar-refractivity contribution in [3.8, 4) is 5.88 Å². The van der Waals surface area contributed by atoms with Crippen LogP contribution in [0.25, 0.3) is 0 Å². The summed E-state index contributed by atoms with van der Waals surface area (Å²) < 4.78 is 45.1. The van der Waals surface area contributed by atoms with Crippen LogP contribution in [0.1, 0.15) is 38.7 Å². The number of rotatable bonds is 9. The molecule has 1 aromatic heterocycles. The second-order valence-corrected chi connectivity index (χ2v) is 5.96. The molecule has 0 aliphatic rings. The predicted molar refractivity (Wildman–Crippen MR) is 97.8 cm³/mol.